The number of carbonyl (C=O) groups is 1. The minimum absolute atomic E-state index is 0.0387. The Labute approximate surface area is 234 Å². The Morgan fingerprint density at radius 1 is 1.24 bits per heavy atom. The second-order valence-corrected chi connectivity index (χ2v) is 13.2. The van der Waals surface area contributed by atoms with Crippen molar-refractivity contribution in [3.05, 3.63) is 70.1 Å². The molecule has 0 saturated heterocycles. The SMILES string of the molecule is C[C@@H](I)N(C(=O)c1cnc(C(C)(C)C)s1)C1CCc2cc(-c3ccnc(Nc4cnn(C)c4)n3)ccc21. The topological polar surface area (TPSA) is 88.8 Å². The summed E-state index contributed by atoms with van der Waals surface area (Å²) in [6.45, 7) is 8.45. The smallest absolute Gasteiger partial charge is 0.266 e. The molecule has 2 atom stereocenters. The largest absolute Gasteiger partial charge is 0.321 e. The number of rotatable bonds is 6. The first-order valence-electron chi connectivity index (χ1n) is 12.2. The van der Waals surface area contributed by atoms with Crippen molar-refractivity contribution in [1.29, 1.82) is 0 Å². The van der Waals surface area contributed by atoms with Crippen LogP contribution in [-0.2, 0) is 18.9 Å². The van der Waals surface area contributed by atoms with Gasteiger partial charge < -0.3 is 10.2 Å². The van der Waals surface area contributed by atoms with Gasteiger partial charge in [-0.2, -0.15) is 5.10 Å². The molecule has 0 fully saturated rings. The van der Waals surface area contributed by atoms with E-state index in [4.69, 9.17) is 4.98 Å². The maximum atomic E-state index is 13.7. The molecule has 1 aromatic carbocycles. The summed E-state index contributed by atoms with van der Waals surface area (Å²) in [5.74, 6) is 0.581. The zero-order chi connectivity index (χ0) is 26.3. The van der Waals surface area contributed by atoms with Crippen LogP contribution in [0.4, 0.5) is 11.6 Å². The standard InChI is InChI=1S/C27H30IN7OS/c1-16(28)35(24(36)23-14-30-25(37-23)27(2,3)4)22-9-7-17-12-18(6-8-20(17)22)21-10-11-29-26(33-21)32-19-13-31-34(5)15-19/h6,8,10-16,22H,7,9H2,1-5H3,(H,29,32,33)/t16-,22?/m0/s1. The summed E-state index contributed by atoms with van der Waals surface area (Å²) in [7, 11) is 1.87. The third-order valence-corrected chi connectivity index (χ3v) is 8.42. The van der Waals surface area contributed by atoms with E-state index in [9.17, 15) is 4.79 Å². The van der Waals surface area contributed by atoms with Crippen LogP contribution in [0.25, 0.3) is 11.3 Å². The first-order valence-corrected chi connectivity index (χ1v) is 14.3. The van der Waals surface area contributed by atoms with Crippen molar-refractivity contribution in [2.45, 2.75) is 56.0 Å². The molecule has 3 heterocycles. The molecule has 1 N–H and O–H groups in total. The molecule has 0 radical (unpaired) electrons. The maximum absolute atomic E-state index is 13.7. The second kappa shape index (κ2) is 10.1. The number of nitrogens with one attached hydrogen (secondary N) is 1. The van der Waals surface area contributed by atoms with Crippen LogP contribution in [-0.4, -0.2) is 39.6 Å². The van der Waals surface area contributed by atoms with Gasteiger partial charge in [0.1, 0.15) is 4.88 Å². The number of aryl methyl sites for hydroxylation is 2. The molecule has 5 rings (SSSR count). The van der Waals surface area contributed by atoms with E-state index in [1.54, 1.807) is 23.3 Å². The van der Waals surface area contributed by atoms with Crippen molar-refractivity contribution in [1.82, 2.24) is 29.6 Å². The van der Waals surface area contributed by atoms with Gasteiger partial charge in [-0.25, -0.2) is 15.0 Å². The highest BCUT2D eigenvalue weighted by Gasteiger charge is 2.35. The van der Waals surface area contributed by atoms with Gasteiger partial charge in [-0.1, -0.05) is 55.5 Å². The Morgan fingerprint density at radius 2 is 2.05 bits per heavy atom. The van der Waals surface area contributed by atoms with Gasteiger partial charge in [0.2, 0.25) is 5.95 Å². The number of nitrogens with zero attached hydrogens (tertiary/aromatic N) is 6. The van der Waals surface area contributed by atoms with Crippen molar-refractivity contribution in [3.63, 3.8) is 0 Å². The highest BCUT2D eigenvalue weighted by Crippen LogP contribution is 2.41. The molecule has 3 aromatic heterocycles. The van der Waals surface area contributed by atoms with Crippen molar-refractivity contribution in [2.24, 2.45) is 7.05 Å². The van der Waals surface area contributed by atoms with Crippen molar-refractivity contribution in [3.8, 4) is 11.3 Å². The number of halogens is 1. The molecule has 1 unspecified atom stereocenters. The number of thiazole rings is 1. The fourth-order valence-corrected chi connectivity index (χ4v) is 6.20. The molecule has 4 aromatic rings. The van der Waals surface area contributed by atoms with Crippen molar-refractivity contribution in [2.75, 3.05) is 5.32 Å². The zero-order valence-corrected chi connectivity index (χ0v) is 24.5. The van der Waals surface area contributed by atoms with Gasteiger partial charge in [-0.15, -0.1) is 11.3 Å². The van der Waals surface area contributed by atoms with Crippen molar-refractivity contribution < 1.29 is 4.79 Å². The van der Waals surface area contributed by atoms with Gasteiger partial charge in [0.25, 0.3) is 5.91 Å². The Morgan fingerprint density at radius 3 is 2.73 bits per heavy atom. The number of carbonyl (C=O) groups excluding carboxylic acids is 1. The van der Waals surface area contributed by atoms with Gasteiger partial charge in [-0.3, -0.25) is 9.48 Å². The van der Waals surface area contributed by atoms with E-state index >= 15 is 0 Å². The predicted molar refractivity (Wildman–Crippen MR) is 155 cm³/mol. The maximum Gasteiger partial charge on any atom is 0.266 e. The molecule has 37 heavy (non-hydrogen) atoms. The molecule has 1 aliphatic rings. The van der Waals surface area contributed by atoms with E-state index in [0.717, 1.165) is 34.8 Å². The van der Waals surface area contributed by atoms with Crippen LogP contribution < -0.4 is 5.32 Å². The predicted octanol–water partition coefficient (Wildman–Crippen LogP) is 6.29. The normalized spacial score (nSPS) is 15.9. The molecular formula is C27H30IN7OS. The lowest BCUT2D eigenvalue weighted by Gasteiger charge is -2.32. The van der Waals surface area contributed by atoms with Gasteiger partial charge in [0.15, 0.2) is 0 Å². The number of alkyl halides is 1. The van der Waals surface area contributed by atoms with Crippen LogP contribution in [0, 0.1) is 0 Å². The molecule has 1 aliphatic carbocycles. The Kier molecular flexibility index (Phi) is 7.06. The van der Waals surface area contributed by atoms with E-state index in [1.165, 1.54) is 22.5 Å². The first kappa shape index (κ1) is 25.8. The number of anilines is 2. The molecule has 192 valence electrons. The minimum Gasteiger partial charge on any atom is -0.321 e. The Bertz CT molecular complexity index is 1440. The summed E-state index contributed by atoms with van der Waals surface area (Å²) in [6.07, 6.45) is 8.94. The molecule has 10 heteroatoms. The van der Waals surface area contributed by atoms with Crippen molar-refractivity contribution >= 4 is 51.5 Å². The molecule has 0 saturated carbocycles. The van der Waals surface area contributed by atoms with Crippen LogP contribution in [0.1, 0.15) is 66.0 Å². The zero-order valence-electron chi connectivity index (χ0n) is 21.6. The van der Waals surface area contributed by atoms with Gasteiger partial charge in [0.05, 0.1) is 38.9 Å². The molecule has 0 aliphatic heterocycles. The molecule has 0 spiro atoms. The van der Waals surface area contributed by atoms with Crippen LogP contribution in [0.2, 0.25) is 0 Å². The minimum atomic E-state index is -0.0747. The van der Waals surface area contributed by atoms with Crippen LogP contribution >= 0.6 is 33.9 Å². The lowest BCUT2D eigenvalue weighted by atomic mass is 9.98. The number of aromatic nitrogens is 5. The summed E-state index contributed by atoms with van der Waals surface area (Å²) in [6, 6.07) is 8.42. The lowest BCUT2D eigenvalue weighted by Crippen LogP contribution is -2.37. The summed E-state index contributed by atoms with van der Waals surface area (Å²) >= 11 is 3.85. The average Bonchev–Trinajstić information content (AvgIpc) is 3.59. The second-order valence-electron chi connectivity index (χ2n) is 10.3. The monoisotopic (exact) mass is 627 g/mol. The first-order chi connectivity index (χ1) is 17.6. The third-order valence-electron chi connectivity index (χ3n) is 6.41. The number of amides is 1. The van der Waals surface area contributed by atoms with Gasteiger partial charge in [0, 0.05) is 30.4 Å². The third kappa shape index (κ3) is 5.40. The summed E-state index contributed by atoms with van der Waals surface area (Å²) in [4.78, 5) is 30.0. The van der Waals surface area contributed by atoms with Crippen LogP contribution in [0.5, 0.6) is 0 Å². The summed E-state index contributed by atoms with van der Waals surface area (Å²) in [5.41, 5.74) is 5.12. The summed E-state index contributed by atoms with van der Waals surface area (Å²) < 4.78 is 1.77. The lowest BCUT2D eigenvalue weighted by molar-refractivity contribution is 0.0679. The average molecular weight is 628 g/mol. The highest BCUT2D eigenvalue weighted by molar-refractivity contribution is 14.1. The highest BCUT2D eigenvalue weighted by atomic mass is 127. The van der Waals surface area contributed by atoms with E-state index in [1.807, 2.05) is 24.2 Å². The van der Waals surface area contributed by atoms with E-state index < -0.39 is 0 Å². The van der Waals surface area contributed by atoms with E-state index in [0.29, 0.717) is 10.8 Å². The van der Waals surface area contributed by atoms with Gasteiger partial charge in [-0.05, 0) is 43.0 Å². The Balaban J connectivity index is 1.39. The molecule has 1 amide bonds. The molecule has 8 nitrogen and oxygen atoms in total. The number of benzene rings is 1. The summed E-state index contributed by atoms with van der Waals surface area (Å²) in [5, 5.41) is 8.36. The quantitative estimate of drug-likeness (QED) is 0.154. The van der Waals surface area contributed by atoms with Crippen LogP contribution in [0.15, 0.2) is 49.1 Å². The van der Waals surface area contributed by atoms with Crippen LogP contribution in [0.3, 0.4) is 0 Å². The fourth-order valence-electron chi connectivity index (χ4n) is 4.64. The van der Waals surface area contributed by atoms with Gasteiger partial charge >= 0.3 is 0 Å². The molecular weight excluding hydrogens is 597 g/mol. The van der Waals surface area contributed by atoms with E-state index in [2.05, 4.69) is 88.9 Å². The fraction of sp³-hybridized carbons (Fsp3) is 0.370. The number of hydrogen-bond acceptors (Lipinski definition) is 7. The van der Waals surface area contributed by atoms with E-state index in [-0.39, 0.29) is 21.4 Å². The number of fused-ring (bicyclic) bond motifs is 1. The number of hydrogen-bond donors (Lipinski definition) is 1. The Hall–Kier alpha value is -2.86. The molecule has 0 bridgehead atoms.